The third-order valence-electron chi connectivity index (χ3n) is 7.56. The van der Waals surface area contributed by atoms with E-state index in [-0.39, 0.29) is 18.1 Å². The van der Waals surface area contributed by atoms with Crippen LogP contribution in [-0.2, 0) is 33.8 Å². The zero-order valence-corrected chi connectivity index (χ0v) is 29.6. The number of carbonyl (C=O) groups excluding carboxylic acids is 2. The van der Waals surface area contributed by atoms with Crippen LogP contribution in [0.4, 0.5) is 22.1 Å². The fraction of sp³-hybridized carbons (Fsp3) is 0.278. The van der Waals surface area contributed by atoms with Gasteiger partial charge < -0.3 is 30.2 Å². The van der Waals surface area contributed by atoms with Gasteiger partial charge in [-0.05, 0) is 56.2 Å². The minimum Gasteiger partial charge on any atom is -0.471 e. The van der Waals surface area contributed by atoms with Crippen LogP contribution in [0.15, 0.2) is 59.1 Å². The Hall–Kier alpha value is -5.52. The van der Waals surface area contributed by atoms with Crippen LogP contribution in [0.3, 0.4) is 0 Å². The van der Waals surface area contributed by atoms with Crippen LogP contribution in [0.1, 0.15) is 42.5 Å². The van der Waals surface area contributed by atoms with Crippen molar-refractivity contribution in [2.24, 2.45) is 4.99 Å². The van der Waals surface area contributed by atoms with E-state index in [4.69, 9.17) is 19.9 Å². The Balaban J connectivity index is 0.964. The number of carbonyl (C=O) groups is 2. The number of nitrogens with one attached hydrogen (secondary N) is 1. The molecule has 0 radical (unpaired) electrons. The number of fused-ring (bicyclic) bond motifs is 4. The summed E-state index contributed by atoms with van der Waals surface area (Å²) in [4.78, 5) is 40.3. The number of alkyl carbamates (subject to hydrolysis) is 1. The normalized spacial score (nSPS) is 12.5. The molecule has 0 bridgehead atoms. The molecule has 0 saturated heterocycles. The number of nitrogens with zero attached hydrogens (tertiary/aromatic N) is 5. The van der Waals surface area contributed by atoms with Crippen molar-refractivity contribution in [2.75, 3.05) is 30.8 Å². The average Bonchev–Trinajstić information content (AvgIpc) is 3.79. The van der Waals surface area contributed by atoms with Crippen molar-refractivity contribution in [2.45, 2.75) is 45.9 Å². The molecule has 3 aromatic heterocycles. The molecule has 5 aromatic rings. The van der Waals surface area contributed by atoms with E-state index >= 15 is 0 Å². The third-order valence-corrected chi connectivity index (χ3v) is 9.90. The maximum absolute atomic E-state index is 12.4. The molecular weight excluding hydrogens is 675 g/mol. The summed E-state index contributed by atoms with van der Waals surface area (Å²) in [5.74, 6) is -0.107. The van der Waals surface area contributed by atoms with Crippen molar-refractivity contribution in [1.29, 1.82) is 5.26 Å². The molecule has 0 spiro atoms. The Morgan fingerprint density at radius 3 is 2.62 bits per heavy atom. The van der Waals surface area contributed by atoms with Crippen LogP contribution in [0.2, 0.25) is 0 Å². The van der Waals surface area contributed by atoms with Crippen LogP contribution in [0.5, 0.6) is 5.88 Å². The van der Waals surface area contributed by atoms with Crippen LogP contribution >= 0.6 is 22.7 Å². The number of aliphatic imine (C=N–C) groups is 1. The molecule has 0 saturated carbocycles. The van der Waals surface area contributed by atoms with Crippen molar-refractivity contribution < 1.29 is 23.8 Å². The van der Waals surface area contributed by atoms with Crippen molar-refractivity contribution in [3.8, 4) is 11.9 Å². The molecule has 0 unspecified atom stereocenters. The quantitative estimate of drug-likeness (QED) is 0.0834. The van der Waals surface area contributed by atoms with Gasteiger partial charge in [-0.25, -0.2) is 14.6 Å². The Bertz CT molecular complexity index is 2180. The van der Waals surface area contributed by atoms with Gasteiger partial charge in [0.25, 0.3) is 0 Å². The number of aromatic nitrogens is 2. The van der Waals surface area contributed by atoms with E-state index in [9.17, 15) is 14.9 Å². The molecule has 6 rings (SSSR count). The summed E-state index contributed by atoms with van der Waals surface area (Å²) in [6.07, 6.45) is 3.46. The first kappa shape index (κ1) is 34.3. The fourth-order valence-corrected chi connectivity index (χ4v) is 7.62. The molecule has 1 amide bonds. The monoisotopic (exact) mass is 709 g/mol. The second-order valence-corrected chi connectivity index (χ2v) is 14.7. The molecule has 12 nitrogen and oxygen atoms in total. The number of hydrogen-bond donors (Lipinski definition) is 2. The summed E-state index contributed by atoms with van der Waals surface area (Å²) in [5, 5.41) is 13.4. The van der Waals surface area contributed by atoms with Gasteiger partial charge in [0.05, 0.1) is 16.9 Å². The van der Waals surface area contributed by atoms with Gasteiger partial charge in [-0.3, -0.25) is 4.99 Å². The van der Waals surface area contributed by atoms with Crippen LogP contribution in [0, 0.1) is 11.3 Å². The maximum atomic E-state index is 12.4. The number of amides is 1. The molecule has 0 atom stereocenters. The zero-order valence-electron chi connectivity index (χ0n) is 28.0. The number of nitrogens with two attached hydrogens (primary N) is 1. The first-order valence-electron chi connectivity index (χ1n) is 15.8. The molecule has 256 valence electrons. The van der Waals surface area contributed by atoms with E-state index in [0.717, 1.165) is 46.9 Å². The van der Waals surface area contributed by atoms with Gasteiger partial charge in [-0.15, -0.1) is 22.7 Å². The number of thiophene rings is 2. The summed E-state index contributed by atoms with van der Waals surface area (Å²) in [6.45, 7) is 6.65. The highest BCUT2D eigenvalue weighted by Gasteiger charge is 2.21. The first-order valence-corrected chi connectivity index (χ1v) is 17.4. The zero-order chi connectivity index (χ0) is 35.4. The van der Waals surface area contributed by atoms with Crippen molar-refractivity contribution in [3.63, 3.8) is 0 Å². The van der Waals surface area contributed by atoms with Gasteiger partial charge in [0, 0.05) is 51.6 Å². The molecule has 1 aliphatic rings. The van der Waals surface area contributed by atoms with E-state index in [2.05, 4.69) is 32.4 Å². The third kappa shape index (κ3) is 8.19. The smallest absolute Gasteiger partial charge is 0.407 e. The Labute approximate surface area is 296 Å². The molecular formula is C36H35N7O5S2. The number of nitriles is 1. The highest BCUT2D eigenvalue weighted by atomic mass is 32.1. The number of esters is 1. The molecule has 1 aliphatic heterocycles. The van der Waals surface area contributed by atoms with Gasteiger partial charge in [-0.2, -0.15) is 10.2 Å². The van der Waals surface area contributed by atoms with Gasteiger partial charge >= 0.3 is 12.1 Å². The summed E-state index contributed by atoms with van der Waals surface area (Å²) >= 11 is 3.18. The number of ether oxygens (including phenoxy) is 3. The highest BCUT2D eigenvalue weighted by Crippen LogP contribution is 2.41. The van der Waals surface area contributed by atoms with E-state index in [1.165, 1.54) is 11.3 Å². The number of nitrogen functional groups attached to an aromatic ring is 1. The molecule has 14 heteroatoms. The van der Waals surface area contributed by atoms with Gasteiger partial charge in [0.15, 0.2) is 0 Å². The minimum absolute atomic E-state index is 0.0284. The molecule has 2 aromatic carbocycles. The molecule has 3 N–H and O–H groups in total. The summed E-state index contributed by atoms with van der Waals surface area (Å²) in [6, 6.07) is 17.8. The second-order valence-electron chi connectivity index (χ2n) is 12.5. The molecule has 4 heterocycles. The lowest BCUT2D eigenvalue weighted by Gasteiger charge is -2.19. The number of benzene rings is 2. The Morgan fingerprint density at radius 1 is 1.08 bits per heavy atom. The highest BCUT2D eigenvalue weighted by molar-refractivity contribution is 7.33. The van der Waals surface area contributed by atoms with E-state index < -0.39 is 17.7 Å². The summed E-state index contributed by atoms with van der Waals surface area (Å²) < 4.78 is 19.9. The summed E-state index contributed by atoms with van der Waals surface area (Å²) in [7, 11) is 1.95. The number of anilines is 2. The Kier molecular flexibility index (Phi) is 9.98. The van der Waals surface area contributed by atoms with E-state index in [1.807, 2.05) is 54.4 Å². The minimum atomic E-state index is -0.679. The average molecular weight is 710 g/mol. The second kappa shape index (κ2) is 14.5. The van der Waals surface area contributed by atoms with Crippen LogP contribution < -0.4 is 20.7 Å². The van der Waals surface area contributed by atoms with Crippen LogP contribution in [-0.4, -0.2) is 54.0 Å². The van der Waals surface area contributed by atoms with Crippen molar-refractivity contribution >= 4 is 83.8 Å². The van der Waals surface area contributed by atoms with E-state index in [0.29, 0.717) is 37.7 Å². The summed E-state index contributed by atoms with van der Waals surface area (Å²) in [5.41, 5.74) is 9.30. The standard InChI is InChI=1S/C36H35N7O5S2/c1-36(2,3)48-33(44)23(18-37)15-25-17-29-31(49-25)26-10-9-24(16-28(26)50-29)43(4)13-14-46-35(45)40-19-21-5-7-22(8-6-21)20-47-32-30-27(11-12-39-30)41-34(38)42-32/h5-10,12,15-17H,11,13-14,19-20H2,1-4H3,(H,40,45)(H2,38,41,42)/b23-15-. The van der Waals surface area contributed by atoms with Gasteiger partial charge in [0.2, 0.25) is 11.8 Å². The predicted octanol–water partition coefficient (Wildman–Crippen LogP) is 6.94. The first-order chi connectivity index (χ1) is 24.0. The lowest BCUT2D eigenvalue weighted by molar-refractivity contribution is -0.149. The largest absolute Gasteiger partial charge is 0.471 e. The number of likely N-dealkylation sites (N-methyl/N-ethyl adjacent to an activating group) is 1. The van der Waals surface area contributed by atoms with E-state index in [1.54, 1.807) is 44.4 Å². The lowest BCUT2D eigenvalue weighted by Crippen LogP contribution is -2.28. The Morgan fingerprint density at radius 2 is 1.86 bits per heavy atom. The van der Waals surface area contributed by atoms with Crippen LogP contribution in [0.25, 0.3) is 25.6 Å². The van der Waals surface area contributed by atoms with Gasteiger partial charge in [0.1, 0.15) is 36.1 Å². The lowest BCUT2D eigenvalue weighted by atomic mass is 10.1. The van der Waals surface area contributed by atoms with Crippen molar-refractivity contribution in [3.05, 3.63) is 75.8 Å². The number of rotatable bonds is 11. The number of hydrogen-bond acceptors (Lipinski definition) is 13. The SMILES string of the molecule is CN(CCOC(=O)NCc1ccc(COc2nc(N)nc3c2N=CC3)cc1)c1ccc2c(c1)sc1cc(/C=C(/C#N)C(=O)OC(C)(C)C)sc12. The topological polar surface area (TPSA) is 165 Å². The van der Waals surface area contributed by atoms with Gasteiger partial charge in [-0.1, -0.05) is 30.3 Å². The molecule has 0 fully saturated rings. The predicted molar refractivity (Wildman–Crippen MR) is 197 cm³/mol. The molecule has 0 aliphatic carbocycles. The van der Waals surface area contributed by atoms with Crippen molar-refractivity contribution in [1.82, 2.24) is 15.3 Å². The molecule has 50 heavy (non-hydrogen) atoms. The fourth-order valence-electron chi connectivity index (χ4n) is 5.11. The maximum Gasteiger partial charge on any atom is 0.407 e.